The van der Waals surface area contributed by atoms with E-state index in [9.17, 15) is 4.79 Å². The van der Waals surface area contributed by atoms with E-state index < -0.39 is 0 Å². The lowest BCUT2D eigenvalue weighted by Crippen LogP contribution is -2.30. The summed E-state index contributed by atoms with van der Waals surface area (Å²) in [6.07, 6.45) is 6.71. The number of aromatic amines is 1. The van der Waals surface area contributed by atoms with Crippen LogP contribution in [0.2, 0.25) is 0 Å². The van der Waals surface area contributed by atoms with Crippen molar-refractivity contribution in [1.82, 2.24) is 19.9 Å². The summed E-state index contributed by atoms with van der Waals surface area (Å²) in [5.74, 6) is 0.676. The molecule has 0 aliphatic rings. The van der Waals surface area contributed by atoms with Gasteiger partial charge in [0, 0.05) is 31.3 Å². The summed E-state index contributed by atoms with van der Waals surface area (Å²) >= 11 is 0. The number of rotatable bonds is 6. The second-order valence-corrected chi connectivity index (χ2v) is 6.50. The molecular weight excluding hydrogens is 348 g/mol. The molecule has 138 valence electrons. The number of nitrogens with zero attached hydrogens (tertiary/aromatic N) is 3. The van der Waals surface area contributed by atoms with Crippen molar-refractivity contribution in [3.05, 3.63) is 108 Å². The van der Waals surface area contributed by atoms with Crippen molar-refractivity contribution in [2.45, 2.75) is 13.1 Å². The van der Waals surface area contributed by atoms with Gasteiger partial charge in [0.2, 0.25) is 0 Å². The van der Waals surface area contributed by atoms with E-state index >= 15 is 0 Å². The maximum absolute atomic E-state index is 13.0. The van der Waals surface area contributed by atoms with E-state index in [1.54, 1.807) is 41.8 Å². The summed E-state index contributed by atoms with van der Waals surface area (Å²) in [6, 6.07) is 22.1. The number of carbonyl (C=O) groups is 1. The number of nitrogens with one attached hydrogen (secondary N) is 1. The van der Waals surface area contributed by atoms with E-state index in [2.05, 4.69) is 51.4 Å². The minimum Gasteiger partial charge on any atom is -0.347 e. The largest absolute Gasteiger partial charge is 0.347 e. The van der Waals surface area contributed by atoms with Gasteiger partial charge in [-0.1, -0.05) is 54.6 Å². The number of benzene rings is 2. The minimum absolute atomic E-state index is 0.0726. The Morgan fingerprint density at radius 2 is 1.64 bits per heavy atom. The molecule has 1 N–H and O–H groups in total. The number of aromatic nitrogens is 3. The topological polar surface area (TPSA) is 61.9 Å². The van der Waals surface area contributed by atoms with E-state index in [0.29, 0.717) is 18.7 Å². The Bertz CT molecular complexity index is 1010. The zero-order valence-corrected chi connectivity index (χ0v) is 15.3. The molecule has 0 fully saturated rings. The van der Waals surface area contributed by atoms with Gasteiger partial charge in [0.15, 0.2) is 0 Å². The molecule has 2 heterocycles. The van der Waals surface area contributed by atoms with E-state index in [1.807, 2.05) is 18.2 Å². The van der Waals surface area contributed by atoms with E-state index in [-0.39, 0.29) is 5.91 Å². The average Bonchev–Trinajstić information content (AvgIpc) is 3.28. The molecule has 2 aromatic carbocycles. The van der Waals surface area contributed by atoms with Gasteiger partial charge in [-0.05, 0) is 28.8 Å². The number of hydrogen-bond acceptors (Lipinski definition) is 3. The van der Waals surface area contributed by atoms with Gasteiger partial charge in [-0.15, -0.1) is 0 Å². The van der Waals surface area contributed by atoms with Crippen molar-refractivity contribution in [3.63, 3.8) is 0 Å². The van der Waals surface area contributed by atoms with Crippen LogP contribution in [0.5, 0.6) is 0 Å². The zero-order chi connectivity index (χ0) is 19.2. The average molecular weight is 368 g/mol. The highest BCUT2D eigenvalue weighted by Crippen LogP contribution is 2.20. The van der Waals surface area contributed by atoms with Crippen LogP contribution in [0.4, 0.5) is 0 Å². The fraction of sp³-hybridized carbons (Fsp3) is 0.0870. The fourth-order valence-electron chi connectivity index (χ4n) is 3.09. The fourth-order valence-corrected chi connectivity index (χ4v) is 3.09. The Labute approximate surface area is 163 Å². The van der Waals surface area contributed by atoms with Crippen LogP contribution in [0, 0.1) is 0 Å². The zero-order valence-electron chi connectivity index (χ0n) is 15.3. The molecule has 28 heavy (non-hydrogen) atoms. The van der Waals surface area contributed by atoms with Crippen LogP contribution in [0.15, 0.2) is 91.5 Å². The van der Waals surface area contributed by atoms with Crippen LogP contribution in [0.25, 0.3) is 11.1 Å². The molecule has 5 nitrogen and oxygen atoms in total. The molecule has 0 saturated heterocycles. The summed E-state index contributed by atoms with van der Waals surface area (Å²) < 4.78 is 0. The first kappa shape index (κ1) is 17.7. The standard InChI is InChI=1S/C23H20N4O/c28-23(21-7-4-12-24-15-21)27(17-22-25-13-14-26-22)16-18-8-10-20(11-9-18)19-5-2-1-3-6-19/h1-15H,16-17H2,(H,25,26). The molecule has 0 radical (unpaired) electrons. The van der Waals surface area contributed by atoms with Gasteiger partial charge < -0.3 is 9.88 Å². The molecule has 0 saturated carbocycles. The lowest BCUT2D eigenvalue weighted by Gasteiger charge is -2.22. The number of pyridine rings is 1. The van der Waals surface area contributed by atoms with Gasteiger partial charge in [-0.25, -0.2) is 4.98 Å². The first-order chi connectivity index (χ1) is 13.8. The van der Waals surface area contributed by atoms with Crippen LogP contribution in [0.1, 0.15) is 21.7 Å². The Balaban J connectivity index is 1.56. The van der Waals surface area contributed by atoms with E-state index in [1.165, 1.54) is 5.56 Å². The maximum Gasteiger partial charge on any atom is 0.256 e. The normalized spacial score (nSPS) is 10.6. The molecule has 5 heteroatoms. The van der Waals surface area contributed by atoms with Gasteiger partial charge >= 0.3 is 0 Å². The number of H-pyrrole nitrogens is 1. The molecule has 0 atom stereocenters. The minimum atomic E-state index is -0.0726. The molecule has 4 rings (SSSR count). The van der Waals surface area contributed by atoms with Crippen molar-refractivity contribution >= 4 is 5.91 Å². The smallest absolute Gasteiger partial charge is 0.256 e. The third-order valence-electron chi connectivity index (χ3n) is 4.53. The summed E-state index contributed by atoms with van der Waals surface area (Å²) in [7, 11) is 0. The lowest BCUT2D eigenvalue weighted by atomic mass is 10.0. The van der Waals surface area contributed by atoms with E-state index in [4.69, 9.17) is 0 Å². The molecule has 0 unspecified atom stereocenters. The highest BCUT2D eigenvalue weighted by atomic mass is 16.2. The van der Waals surface area contributed by atoms with Gasteiger partial charge in [0.25, 0.3) is 5.91 Å². The number of amides is 1. The number of carbonyl (C=O) groups excluding carboxylic acids is 1. The third kappa shape index (κ3) is 4.15. The molecular formula is C23H20N4O. The summed E-state index contributed by atoms with van der Waals surface area (Å²) in [5.41, 5.74) is 3.95. The predicted octanol–water partition coefficient (Wildman–Crippen LogP) is 4.31. The van der Waals surface area contributed by atoms with Gasteiger partial charge in [-0.3, -0.25) is 9.78 Å². The molecule has 2 aromatic heterocycles. The lowest BCUT2D eigenvalue weighted by molar-refractivity contribution is 0.0725. The number of imidazole rings is 1. The quantitative estimate of drug-likeness (QED) is 0.551. The molecule has 0 aliphatic heterocycles. The first-order valence-electron chi connectivity index (χ1n) is 9.11. The highest BCUT2D eigenvalue weighted by molar-refractivity contribution is 5.93. The molecule has 0 aliphatic carbocycles. The predicted molar refractivity (Wildman–Crippen MR) is 108 cm³/mol. The molecule has 4 aromatic rings. The molecule has 0 spiro atoms. The van der Waals surface area contributed by atoms with Crippen molar-refractivity contribution in [3.8, 4) is 11.1 Å². The first-order valence-corrected chi connectivity index (χ1v) is 9.11. The van der Waals surface area contributed by atoms with Crippen LogP contribution in [0.3, 0.4) is 0 Å². The van der Waals surface area contributed by atoms with Crippen LogP contribution < -0.4 is 0 Å². The Morgan fingerprint density at radius 3 is 2.32 bits per heavy atom. The van der Waals surface area contributed by atoms with Crippen LogP contribution in [-0.4, -0.2) is 25.8 Å². The summed E-state index contributed by atoms with van der Waals surface area (Å²) in [5, 5.41) is 0. The Morgan fingerprint density at radius 1 is 0.857 bits per heavy atom. The Kier molecular flexibility index (Phi) is 5.24. The van der Waals surface area contributed by atoms with Gasteiger partial charge in [-0.2, -0.15) is 0 Å². The SMILES string of the molecule is O=C(c1cccnc1)N(Cc1ccc(-c2ccccc2)cc1)Cc1ncc[nH]1. The van der Waals surface area contributed by atoms with Crippen LogP contribution in [-0.2, 0) is 13.1 Å². The molecule has 0 bridgehead atoms. The van der Waals surface area contributed by atoms with E-state index in [0.717, 1.165) is 17.0 Å². The molecule has 1 amide bonds. The third-order valence-corrected chi connectivity index (χ3v) is 4.53. The van der Waals surface area contributed by atoms with Gasteiger partial charge in [0.1, 0.15) is 5.82 Å². The van der Waals surface area contributed by atoms with Crippen molar-refractivity contribution in [2.75, 3.05) is 0 Å². The second-order valence-electron chi connectivity index (χ2n) is 6.50. The summed E-state index contributed by atoms with van der Waals surface area (Å²) in [6.45, 7) is 0.894. The maximum atomic E-state index is 13.0. The van der Waals surface area contributed by atoms with Crippen molar-refractivity contribution < 1.29 is 4.79 Å². The highest BCUT2D eigenvalue weighted by Gasteiger charge is 2.18. The number of hydrogen-bond donors (Lipinski definition) is 1. The van der Waals surface area contributed by atoms with Crippen molar-refractivity contribution in [1.29, 1.82) is 0 Å². The second kappa shape index (κ2) is 8.31. The van der Waals surface area contributed by atoms with Crippen LogP contribution >= 0.6 is 0 Å². The van der Waals surface area contributed by atoms with Gasteiger partial charge in [0.05, 0.1) is 12.1 Å². The Hall–Kier alpha value is -3.73. The summed E-state index contributed by atoms with van der Waals surface area (Å²) in [4.78, 5) is 26.2. The monoisotopic (exact) mass is 368 g/mol. The van der Waals surface area contributed by atoms with Crippen molar-refractivity contribution in [2.24, 2.45) is 0 Å².